The standard InChI is InChI=1S/C74H144O17P2/c1-7-9-11-13-15-17-19-20-23-27-33-39-45-51-57-72(77)85-62-69(90-73(78)58-52-46-40-34-28-24-21-22-26-30-36-42-48-54-66(3)4)64-88-92(80,81)86-60-68(75)61-87-93(82,83)89-65-70(63-84-71(76)56-50-44-38-32-25-18-16-14-12-10-8-2)91-74(79)59-53-47-41-35-29-31-37-43-49-55-67(5)6/h66-70,75H,7-65H2,1-6H3,(H,80,81)(H,82,83)/t68-,69-,70-/m1/s1. The molecule has 93 heavy (non-hydrogen) atoms. The molecule has 0 aromatic heterocycles. The average Bonchev–Trinajstić information content (AvgIpc) is 3.30. The van der Waals surface area contributed by atoms with E-state index in [1.165, 1.54) is 199 Å². The van der Waals surface area contributed by atoms with Crippen LogP contribution in [0.15, 0.2) is 0 Å². The van der Waals surface area contributed by atoms with Crippen LogP contribution in [0.3, 0.4) is 0 Å². The fraction of sp³-hybridized carbons (Fsp3) is 0.946. The van der Waals surface area contributed by atoms with E-state index in [1.54, 1.807) is 0 Å². The van der Waals surface area contributed by atoms with Gasteiger partial charge in [0.05, 0.1) is 26.4 Å². The Morgan fingerprint density at radius 1 is 0.290 bits per heavy atom. The van der Waals surface area contributed by atoms with Gasteiger partial charge in [0, 0.05) is 25.7 Å². The largest absolute Gasteiger partial charge is 0.472 e. The van der Waals surface area contributed by atoms with Crippen LogP contribution in [-0.2, 0) is 65.4 Å². The maximum absolute atomic E-state index is 13.1. The van der Waals surface area contributed by atoms with Crippen molar-refractivity contribution in [3.63, 3.8) is 0 Å². The molecule has 0 saturated heterocycles. The first kappa shape index (κ1) is 91.1. The van der Waals surface area contributed by atoms with Crippen molar-refractivity contribution in [3.8, 4) is 0 Å². The van der Waals surface area contributed by atoms with Gasteiger partial charge in [-0.2, -0.15) is 0 Å². The number of phosphoric acid groups is 2. The minimum Gasteiger partial charge on any atom is -0.462 e. The van der Waals surface area contributed by atoms with Gasteiger partial charge in [-0.3, -0.25) is 37.3 Å². The summed E-state index contributed by atoms with van der Waals surface area (Å²) in [5.74, 6) is -0.594. The zero-order valence-corrected chi connectivity index (χ0v) is 62.3. The van der Waals surface area contributed by atoms with Crippen molar-refractivity contribution in [2.75, 3.05) is 39.6 Å². The Bertz CT molecular complexity index is 1800. The maximum Gasteiger partial charge on any atom is 0.472 e. The van der Waals surface area contributed by atoms with E-state index in [0.717, 1.165) is 102 Å². The van der Waals surface area contributed by atoms with Crippen LogP contribution in [0.1, 0.15) is 382 Å². The summed E-state index contributed by atoms with van der Waals surface area (Å²) >= 11 is 0. The smallest absolute Gasteiger partial charge is 0.462 e. The van der Waals surface area contributed by atoms with Crippen LogP contribution in [0.25, 0.3) is 0 Å². The number of aliphatic hydroxyl groups excluding tert-OH is 1. The maximum atomic E-state index is 13.1. The van der Waals surface area contributed by atoms with Gasteiger partial charge in [-0.25, -0.2) is 9.13 Å². The number of carbonyl (C=O) groups is 4. The van der Waals surface area contributed by atoms with E-state index < -0.39 is 97.5 Å². The predicted octanol–water partition coefficient (Wildman–Crippen LogP) is 21.6. The molecule has 19 heteroatoms. The molecule has 0 rings (SSSR count). The highest BCUT2D eigenvalue weighted by atomic mass is 31.2. The summed E-state index contributed by atoms with van der Waals surface area (Å²) in [6.45, 7) is 9.58. The van der Waals surface area contributed by atoms with Crippen LogP contribution in [0.2, 0.25) is 0 Å². The molecule has 552 valence electrons. The number of aliphatic hydroxyl groups is 1. The van der Waals surface area contributed by atoms with Gasteiger partial charge in [0.15, 0.2) is 12.2 Å². The number of carbonyl (C=O) groups excluding carboxylic acids is 4. The van der Waals surface area contributed by atoms with Gasteiger partial charge in [-0.05, 0) is 37.5 Å². The summed E-state index contributed by atoms with van der Waals surface area (Å²) in [4.78, 5) is 72.7. The summed E-state index contributed by atoms with van der Waals surface area (Å²) in [6, 6.07) is 0. The number of phosphoric ester groups is 2. The molecule has 0 aliphatic carbocycles. The SMILES string of the molecule is CCCCCCCCCCCCCCCCC(=O)OC[C@H](COP(=O)(O)OC[C@@H](O)COP(=O)(O)OC[C@@H](COC(=O)CCCCCCCCCCCCC)OC(=O)CCCCCCCCCCCC(C)C)OC(=O)CCCCCCCCCCCCCCCC(C)C. The van der Waals surface area contributed by atoms with Gasteiger partial charge < -0.3 is 33.8 Å². The zero-order chi connectivity index (χ0) is 68.6. The zero-order valence-electron chi connectivity index (χ0n) is 60.6. The second-order valence-corrected chi connectivity index (χ2v) is 30.5. The third-order valence-electron chi connectivity index (χ3n) is 17.2. The Kier molecular flexibility index (Phi) is 64.6. The van der Waals surface area contributed by atoms with E-state index in [2.05, 4.69) is 41.5 Å². The van der Waals surface area contributed by atoms with Crippen LogP contribution in [0, 0.1) is 11.8 Å². The van der Waals surface area contributed by atoms with Crippen LogP contribution in [0.5, 0.6) is 0 Å². The minimum absolute atomic E-state index is 0.106. The molecule has 0 bridgehead atoms. The number of unbranched alkanes of at least 4 members (excludes halogenated alkanes) is 43. The topological polar surface area (TPSA) is 237 Å². The van der Waals surface area contributed by atoms with Crippen molar-refractivity contribution in [2.45, 2.75) is 400 Å². The molecule has 0 amide bonds. The van der Waals surface area contributed by atoms with E-state index in [-0.39, 0.29) is 25.7 Å². The molecule has 0 aromatic rings. The number of hydrogen-bond donors (Lipinski definition) is 3. The lowest BCUT2D eigenvalue weighted by molar-refractivity contribution is -0.161. The molecular weight excluding hydrogens is 1220 g/mol. The van der Waals surface area contributed by atoms with Crippen molar-refractivity contribution in [1.82, 2.24) is 0 Å². The van der Waals surface area contributed by atoms with E-state index in [9.17, 15) is 43.2 Å². The quantitative estimate of drug-likeness (QED) is 0.0222. The lowest BCUT2D eigenvalue weighted by Gasteiger charge is -2.21. The van der Waals surface area contributed by atoms with Gasteiger partial charge in [0.25, 0.3) is 0 Å². The van der Waals surface area contributed by atoms with Crippen molar-refractivity contribution in [3.05, 3.63) is 0 Å². The van der Waals surface area contributed by atoms with Crippen molar-refractivity contribution < 1.29 is 80.2 Å². The lowest BCUT2D eigenvalue weighted by Crippen LogP contribution is -2.30. The van der Waals surface area contributed by atoms with E-state index >= 15 is 0 Å². The van der Waals surface area contributed by atoms with Crippen LogP contribution in [-0.4, -0.2) is 96.7 Å². The Balaban J connectivity index is 5.25. The first-order chi connectivity index (χ1) is 44.9. The normalized spacial score (nSPS) is 14.1. The summed E-state index contributed by atoms with van der Waals surface area (Å²) in [5, 5.41) is 10.6. The Morgan fingerprint density at radius 3 is 0.731 bits per heavy atom. The third-order valence-corrected chi connectivity index (χ3v) is 19.1. The van der Waals surface area contributed by atoms with Crippen molar-refractivity contribution >= 4 is 39.5 Å². The van der Waals surface area contributed by atoms with Crippen LogP contribution >= 0.6 is 15.6 Å². The molecule has 17 nitrogen and oxygen atoms in total. The first-order valence-corrected chi connectivity index (χ1v) is 41.5. The summed E-state index contributed by atoms with van der Waals surface area (Å²) in [6.07, 6.45) is 52.6. The number of esters is 4. The summed E-state index contributed by atoms with van der Waals surface area (Å²) in [5.41, 5.74) is 0. The Morgan fingerprint density at radius 2 is 0.495 bits per heavy atom. The van der Waals surface area contributed by atoms with Crippen LogP contribution < -0.4 is 0 Å². The fourth-order valence-corrected chi connectivity index (χ4v) is 12.9. The van der Waals surface area contributed by atoms with Crippen molar-refractivity contribution in [1.29, 1.82) is 0 Å². The number of ether oxygens (including phenoxy) is 4. The summed E-state index contributed by atoms with van der Waals surface area (Å²) in [7, 11) is -9.91. The van der Waals surface area contributed by atoms with E-state index in [1.807, 2.05) is 0 Å². The molecule has 0 fully saturated rings. The molecule has 0 aliphatic rings. The third kappa shape index (κ3) is 68.4. The van der Waals surface area contributed by atoms with Gasteiger partial charge in [0.2, 0.25) is 0 Å². The number of hydrogen-bond acceptors (Lipinski definition) is 15. The lowest BCUT2D eigenvalue weighted by atomic mass is 10.0. The molecular formula is C74H144O17P2. The van der Waals surface area contributed by atoms with Crippen LogP contribution in [0.4, 0.5) is 0 Å². The second-order valence-electron chi connectivity index (χ2n) is 27.6. The first-order valence-electron chi connectivity index (χ1n) is 38.5. The highest BCUT2D eigenvalue weighted by Crippen LogP contribution is 2.45. The van der Waals surface area contributed by atoms with Gasteiger partial charge >= 0.3 is 39.5 Å². The second kappa shape index (κ2) is 66.0. The van der Waals surface area contributed by atoms with E-state index in [0.29, 0.717) is 25.7 Å². The molecule has 0 aromatic carbocycles. The molecule has 3 N–H and O–H groups in total. The van der Waals surface area contributed by atoms with Crippen molar-refractivity contribution in [2.24, 2.45) is 11.8 Å². The monoisotopic (exact) mass is 1370 g/mol. The number of rotatable bonds is 73. The highest BCUT2D eigenvalue weighted by molar-refractivity contribution is 7.47. The molecule has 2 unspecified atom stereocenters. The Labute approximate surface area is 568 Å². The summed E-state index contributed by atoms with van der Waals surface area (Å²) < 4.78 is 68.5. The molecule has 0 heterocycles. The highest BCUT2D eigenvalue weighted by Gasteiger charge is 2.30. The average molecular weight is 1370 g/mol. The Hall–Kier alpha value is -1.94. The van der Waals surface area contributed by atoms with E-state index in [4.69, 9.17) is 37.0 Å². The fourth-order valence-electron chi connectivity index (χ4n) is 11.3. The van der Waals surface area contributed by atoms with Gasteiger partial charge in [0.1, 0.15) is 19.3 Å². The minimum atomic E-state index is -4.96. The predicted molar refractivity (Wildman–Crippen MR) is 377 cm³/mol. The molecule has 0 aliphatic heterocycles. The van der Waals surface area contributed by atoms with Gasteiger partial charge in [-0.1, -0.05) is 330 Å². The molecule has 0 spiro atoms. The molecule has 0 radical (unpaired) electrons. The molecule has 5 atom stereocenters. The molecule has 0 saturated carbocycles. The van der Waals surface area contributed by atoms with Gasteiger partial charge in [-0.15, -0.1) is 0 Å².